The molecule has 0 aromatic rings. The standard InChI is InChI=1S/C16H28O3S/c1-14(2)8-6-9-15(3)10-7-11-16(4)12-13-19-20(5,17)18/h8,10,12H,6-7,9,11,13H2,1-5H3. The molecule has 0 amide bonds. The Hall–Kier alpha value is -0.870. The van der Waals surface area contributed by atoms with Crippen LogP contribution in [0.25, 0.3) is 0 Å². The lowest BCUT2D eigenvalue weighted by molar-refractivity contribution is 0.360. The topological polar surface area (TPSA) is 43.4 Å². The highest BCUT2D eigenvalue weighted by atomic mass is 32.2. The summed E-state index contributed by atoms with van der Waals surface area (Å²) in [6.45, 7) is 8.52. The molecule has 0 saturated heterocycles. The van der Waals surface area contributed by atoms with Crippen molar-refractivity contribution in [3.05, 3.63) is 34.9 Å². The fourth-order valence-electron chi connectivity index (χ4n) is 1.64. The van der Waals surface area contributed by atoms with E-state index in [0.29, 0.717) is 0 Å². The lowest BCUT2D eigenvalue weighted by atomic mass is 10.1. The Labute approximate surface area is 124 Å². The maximum absolute atomic E-state index is 10.8. The van der Waals surface area contributed by atoms with Crippen LogP contribution in [-0.2, 0) is 14.3 Å². The van der Waals surface area contributed by atoms with E-state index in [4.69, 9.17) is 0 Å². The molecule has 0 rings (SSSR count). The van der Waals surface area contributed by atoms with Gasteiger partial charge in [0.05, 0.1) is 12.9 Å². The zero-order valence-corrected chi connectivity index (χ0v) is 14.2. The average Bonchev–Trinajstić information content (AvgIpc) is 2.26. The molecule has 3 nitrogen and oxygen atoms in total. The van der Waals surface area contributed by atoms with Crippen molar-refractivity contribution >= 4 is 10.1 Å². The quantitative estimate of drug-likeness (QED) is 0.469. The number of hydrogen-bond donors (Lipinski definition) is 0. The summed E-state index contributed by atoms with van der Waals surface area (Å²) in [5.41, 5.74) is 3.92. The van der Waals surface area contributed by atoms with Crippen LogP contribution >= 0.6 is 0 Å². The van der Waals surface area contributed by atoms with Crippen molar-refractivity contribution in [2.24, 2.45) is 0 Å². The van der Waals surface area contributed by atoms with Crippen molar-refractivity contribution in [3.8, 4) is 0 Å². The zero-order valence-electron chi connectivity index (χ0n) is 13.4. The van der Waals surface area contributed by atoms with Crippen LogP contribution in [-0.4, -0.2) is 21.3 Å². The molecule has 0 N–H and O–H groups in total. The highest BCUT2D eigenvalue weighted by Crippen LogP contribution is 2.11. The average molecular weight is 300 g/mol. The molecule has 0 heterocycles. The van der Waals surface area contributed by atoms with E-state index in [0.717, 1.165) is 37.5 Å². The highest BCUT2D eigenvalue weighted by molar-refractivity contribution is 7.85. The summed E-state index contributed by atoms with van der Waals surface area (Å²) in [5, 5.41) is 0. The summed E-state index contributed by atoms with van der Waals surface area (Å²) < 4.78 is 26.3. The molecule has 0 aromatic heterocycles. The first-order valence-corrected chi connectivity index (χ1v) is 8.81. The molecule has 0 aliphatic heterocycles. The van der Waals surface area contributed by atoms with Crippen molar-refractivity contribution < 1.29 is 12.6 Å². The van der Waals surface area contributed by atoms with Crippen molar-refractivity contribution in [3.63, 3.8) is 0 Å². The van der Waals surface area contributed by atoms with E-state index in [2.05, 4.69) is 37.1 Å². The van der Waals surface area contributed by atoms with Gasteiger partial charge >= 0.3 is 0 Å². The summed E-state index contributed by atoms with van der Waals surface area (Å²) in [6.07, 6.45) is 11.5. The minimum absolute atomic E-state index is 0.133. The fourth-order valence-corrected chi connectivity index (χ4v) is 1.95. The molecule has 0 saturated carbocycles. The predicted molar refractivity (Wildman–Crippen MR) is 86.2 cm³/mol. The van der Waals surface area contributed by atoms with Gasteiger partial charge in [-0.25, -0.2) is 0 Å². The molecule has 0 spiro atoms. The van der Waals surface area contributed by atoms with Gasteiger partial charge in [0, 0.05) is 0 Å². The summed E-state index contributed by atoms with van der Waals surface area (Å²) in [4.78, 5) is 0. The third-order valence-corrected chi connectivity index (χ3v) is 3.40. The first-order chi connectivity index (χ1) is 9.20. The maximum atomic E-state index is 10.8. The molecule has 0 fully saturated rings. The van der Waals surface area contributed by atoms with Crippen LogP contribution in [0.3, 0.4) is 0 Å². The second-order valence-corrected chi connectivity index (χ2v) is 7.09. The SMILES string of the molecule is CC(C)=CCCC(C)=CCCC(C)=CCOS(C)(=O)=O. The van der Waals surface area contributed by atoms with Crippen molar-refractivity contribution in [2.45, 2.75) is 53.4 Å². The molecular formula is C16H28O3S. The Morgan fingerprint density at radius 1 is 0.900 bits per heavy atom. The second kappa shape index (κ2) is 9.94. The van der Waals surface area contributed by atoms with Gasteiger partial charge in [0.2, 0.25) is 0 Å². The minimum Gasteiger partial charge on any atom is -0.266 e. The minimum atomic E-state index is -3.33. The largest absolute Gasteiger partial charge is 0.266 e. The third-order valence-electron chi connectivity index (χ3n) is 2.84. The molecule has 20 heavy (non-hydrogen) atoms. The van der Waals surface area contributed by atoms with E-state index in [1.807, 2.05) is 13.0 Å². The van der Waals surface area contributed by atoms with Gasteiger partial charge in [-0.3, -0.25) is 4.18 Å². The molecule has 0 atom stereocenters. The second-order valence-electron chi connectivity index (χ2n) is 5.45. The molecule has 4 heteroatoms. The highest BCUT2D eigenvalue weighted by Gasteiger charge is 1.98. The Morgan fingerprint density at radius 2 is 1.40 bits per heavy atom. The Kier molecular flexibility index (Phi) is 9.51. The summed E-state index contributed by atoms with van der Waals surface area (Å²) in [7, 11) is -3.33. The van der Waals surface area contributed by atoms with Crippen LogP contribution in [0.15, 0.2) is 34.9 Å². The number of rotatable bonds is 9. The molecule has 0 aromatic carbocycles. The van der Waals surface area contributed by atoms with E-state index >= 15 is 0 Å². The van der Waals surface area contributed by atoms with Crippen LogP contribution in [0, 0.1) is 0 Å². The van der Waals surface area contributed by atoms with Crippen LogP contribution in [0.5, 0.6) is 0 Å². The summed E-state index contributed by atoms with van der Waals surface area (Å²) in [5.74, 6) is 0. The van der Waals surface area contributed by atoms with Gasteiger partial charge in [-0.05, 0) is 53.4 Å². The van der Waals surface area contributed by atoms with E-state index in [1.54, 1.807) is 0 Å². The molecule has 0 aliphatic rings. The molecule has 0 radical (unpaired) electrons. The van der Waals surface area contributed by atoms with Crippen molar-refractivity contribution in [1.29, 1.82) is 0 Å². The first-order valence-electron chi connectivity index (χ1n) is 6.99. The van der Waals surface area contributed by atoms with E-state index in [1.165, 1.54) is 11.1 Å². The normalized spacial score (nSPS) is 13.4. The lowest BCUT2D eigenvalue weighted by Gasteiger charge is -2.02. The molecule has 0 unspecified atom stereocenters. The third kappa shape index (κ3) is 13.6. The Balaban J connectivity index is 3.97. The van der Waals surface area contributed by atoms with Crippen LogP contribution in [0.4, 0.5) is 0 Å². The maximum Gasteiger partial charge on any atom is 0.264 e. The monoisotopic (exact) mass is 300 g/mol. The van der Waals surface area contributed by atoms with Gasteiger partial charge in [-0.1, -0.05) is 34.9 Å². The Bertz CT molecular complexity index is 464. The first kappa shape index (κ1) is 19.1. The molecule has 116 valence electrons. The van der Waals surface area contributed by atoms with Crippen molar-refractivity contribution in [1.82, 2.24) is 0 Å². The fraction of sp³-hybridized carbons (Fsp3) is 0.625. The van der Waals surface area contributed by atoms with Crippen LogP contribution < -0.4 is 0 Å². The van der Waals surface area contributed by atoms with Gasteiger partial charge < -0.3 is 0 Å². The number of hydrogen-bond acceptors (Lipinski definition) is 3. The number of allylic oxidation sites excluding steroid dienone is 5. The summed E-state index contributed by atoms with van der Waals surface area (Å²) >= 11 is 0. The van der Waals surface area contributed by atoms with Gasteiger partial charge in [-0.2, -0.15) is 8.42 Å². The van der Waals surface area contributed by atoms with E-state index in [-0.39, 0.29) is 6.61 Å². The molecule has 0 aliphatic carbocycles. The van der Waals surface area contributed by atoms with Gasteiger partial charge in [0.1, 0.15) is 0 Å². The lowest BCUT2D eigenvalue weighted by Crippen LogP contribution is -2.02. The van der Waals surface area contributed by atoms with Crippen LogP contribution in [0.1, 0.15) is 53.4 Å². The Morgan fingerprint density at radius 3 is 1.90 bits per heavy atom. The van der Waals surface area contributed by atoms with Gasteiger partial charge in [-0.15, -0.1) is 0 Å². The van der Waals surface area contributed by atoms with Crippen LogP contribution in [0.2, 0.25) is 0 Å². The zero-order chi connectivity index (χ0) is 15.6. The molecule has 0 bridgehead atoms. The summed E-state index contributed by atoms with van der Waals surface area (Å²) in [6, 6.07) is 0. The smallest absolute Gasteiger partial charge is 0.264 e. The van der Waals surface area contributed by atoms with E-state index in [9.17, 15) is 8.42 Å². The molecular weight excluding hydrogens is 272 g/mol. The predicted octanol–water partition coefficient (Wildman–Crippen LogP) is 4.38. The van der Waals surface area contributed by atoms with Gasteiger partial charge in [0.15, 0.2) is 0 Å². The van der Waals surface area contributed by atoms with E-state index < -0.39 is 10.1 Å². The van der Waals surface area contributed by atoms with Crippen molar-refractivity contribution in [2.75, 3.05) is 12.9 Å². The van der Waals surface area contributed by atoms with Gasteiger partial charge in [0.25, 0.3) is 10.1 Å².